The first-order valence-corrected chi connectivity index (χ1v) is 7.98. The van der Waals surface area contributed by atoms with Crippen molar-refractivity contribution in [1.29, 1.82) is 0 Å². The molecule has 1 aromatic carbocycles. The molecule has 0 spiro atoms. The van der Waals surface area contributed by atoms with Crippen LogP contribution in [-0.4, -0.2) is 12.6 Å². The summed E-state index contributed by atoms with van der Waals surface area (Å²) in [4.78, 5) is 12.6. The number of ether oxygens (including phenoxy) is 1. The summed E-state index contributed by atoms with van der Waals surface area (Å²) >= 11 is 12.2. The van der Waals surface area contributed by atoms with Crippen molar-refractivity contribution < 1.29 is 9.53 Å². The van der Waals surface area contributed by atoms with Crippen molar-refractivity contribution in [3.05, 3.63) is 33.8 Å². The summed E-state index contributed by atoms with van der Waals surface area (Å²) < 4.78 is 5.48. The van der Waals surface area contributed by atoms with E-state index in [1.54, 1.807) is 6.07 Å². The molecule has 0 heterocycles. The van der Waals surface area contributed by atoms with E-state index in [4.69, 9.17) is 27.9 Å². The Bertz CT molecular complexity index is 459. The second-order valence-corrected chi connectivity index (χ2v) is 6.31. The van der Waals surface area contributed by atoms with Crippen molar-refractivity contribution >= 4 is 29.2 Å². The molecular formula is C16H20Cl2O2. The van der Waals surface area contributed by atoms with E-state index in [2.05, 4.69) is 6.92 Å². The van der Waals surface area contributed by atoms with Crippen LogP contribution in [0.5, 0.6) is 0 Å². The fraction of sp³-hybridized carbons (Fsp3) is 0.562. The Hall–Kier alpha value is -0.730. The predicted molar refractivity (Wildman–Crippen MR) is 82.5 cm³/mol. The molecule has 0 aromatic heterocycles. The van der Waals surface area contributed by atoms with Crippen molar-refractivity contribution in [2.75, 3.05) is 6.61 Å². The summed E-state index contributed by atoms with van der Waals surface area (Å²) in [7, 11) is 0. The highest BCUT2D eigenvalue weighted by molar-refractivity contribution is 6.34. The van der Waals surface area contributed by atoms with Gasteiger partial charge in [-0.15, -0.1) is 0 Å². The van der Waals surface area contributed by atoms with Gasteiger partial charge in [-0.2, -0.15) is 0 Å². The van der Waals surface area contributed by atoms with Crippen LogP contribution >= 0.6 is 23.2 Å². The number of hydrogen-bond acceptors (Lipinski definition) is 2. The van der Waals surface area contributed by atoms with Gasteiger partial charge in [0.05, 0.1) is 12.0 Å². The SMILES string of the molecule is CCCCOC(=O)C1(c2cc(Cl)cc(Cl)c2)CCCC1. The standard InChI is InChI=1S/C16H20Cl2O2/c1-2-3-8-20-15(19)16(6-4-5-7-16)12-9-13(17)11-14(18)10-12/h9-11H,2-8H2,1H3. The third-order valence-electron chi connectivity index (χ3n) is 3.99. The number of benzene rings is 1. The Morgan fingerprint density at radius 1 is 1.20 bits per heavy atom. The van der Waals surface area contributed by atoms with Gasteiger partial charge >= 0.3 is 5.97 Å². The van der Waals surface area contributed by atoms with Crippen LogP contribution in [0.25, 0.3) is 0 Å². The average molecular weight is 315 g/mol. The van der Waals surface area contributed by atoms with Gasteiger partial charge in [-0.05, 0) is 43.0 Å². The summed E-state index contributed by atoms with van der Waals surface area (Å²) in [6.07, 6.45) is 5.62. The first kappa shape index (κ1) is 15.7. The second kappa shape index (κ2) is 6.82. The highest BCUT2D eigenvalue weighted by Gasteiger charge is 2.44. The van der Waals surface area contributed by atoms with Crippen molar-refractivity contribution in [2.24, 2.45) is 0 Å². The lowest BCUT2D eigenvalue weighted by Crippen LogP contribution is -2.35. The van der Waals surface area contributed by atoms with Gasteiger partial charge in [0.25, 0.3) is 0 Å². The zero-order valence-electron chi connectivity index (χ0n) is 11.8. The molecule has 20 heavy (non-hydrogen) atoms. The molecule has 0 unspecified atom stereocenters. The number of carbonyl (C=O) groups excluding carboxylic acids is 1. The Balaban J connectivity index is 2.27. The van der Waals surface area contributed by atoms with E-state index in [1.165, 1.54) is 0 Å². The lowest BCUT2D eigenvalue weighted by Gasteiger charge is -2.27. The second-order valence-electron chi connectivity index (χ2n) is 5.44. The summed E-state index contributed by atoms with van der Waals surface area (Å²) in [5.74, 6) is -0.123. The molecular weight excluding hydrogens is 295 g/mol. The Morgan fingerprint density at radius 2 is 1.80 bits per heavy atom. The maximum atomic E-state index is 12.6. The first-order valence-electron chi connectivity index (χ1n) is 7.22. The molecule has 1 fully saturated rings. The van der Waals surface area contributed by atoms with Gasteiger partial charge in [-0.1, -0.05) is 49.4 Å². The van der Waals surface area contributed by atoms with Gasteiger partial charge in [0.2, 0.25) is 0 Å². The molecule has 0 saturated heterocycles. The summed E-state index contributed by atoms with van der Waals surface area (Å²) in [6, 6.07) is 5.39. The van der Waals surface area contributed by atoms with Gasteiger partial charge < -0.3 is 4.74 Å². The number of rotatable bonds is 5. The van der Waals surface area contributed by atoms with Crippen molar-refractivity contribution in [3.8, 4) is 0 Å². The van der Waals surface area contributed by atoms with E-state index < -0.39 is 5.41 Å². The minimum Gasteiger partial charge on any atom is -0.465 e. The minimum atomic E-state index is -0.553. The Labute approximate surface area is 130 Å². The van der Waals surface area contributed by atoms with Gasteiger partial charge in [-0.3, -0.25) is 4.79 Å². The van der Waals surface area contributed by atoms with E-state index in [0.717, 1.165) is 44.1 Å². The Morgan fingerprint density at radius 3 is 2.35 bits per heavy atom. The zero-order chi connectivity index (χ0) is 14.6. The van der Waals surface area contributed by atoms with E-state index in [9.17, 15) is 4.79 Å². The molecule has 1 aliphatic carbocycles. The molecule has 1 saturated carbocycles. The minimum absolute atomic E-state index is 0.123. The number of halogens is 2. The molecule has 4 heteroatoms. The number of unbranched alkanes of at least 4 members (excludes halogenated alkanes) is 1. The van der Waals surface area contributed by atoms with Crippen molar-refractivity contribution in [3.63, 3.8) is 0 Å². The van der Waals surface area contributed by atoms with Crippen molar-refractivity contribution in [1.82, 2.24) is 0 Å². The van der Waals surface area contributed by atoms with E-state index in [0.29, 0.717) is 16.7 Å². The normalized spacial score (nSPS) is 17.1. The third kappa shape index (κ3) is 3.29. The van der Waals surface area contributed by atoms with E-state index in [1.807, 2.05) is 12.1 Å². The summed E-state index contributed by atoms with van der Waals surface area (Å²) in [5.41, 5.74) is 0.344. The van der Waals surface area contributed by atoms with E-state index in [-0.39, 0.29) is 5.97 Å². The van der Waals surface area contributed by atoms with Gasteiger partial charge in [0, 0.05) is 10.0 Å². The van der Waals surface area contributed by atoms with Crippen molar-refractivity contribution in [2.45, 2.75) is 50.9 Å². The van der Waals surface area contributed by atoms with Gasteiger partial charge in [0.15, 0.2) is 0 Å². The van der Waals surface area contributed by atoms with Crippen LogP contribution in [-0.2, 0) is 14.9 Å². The Kier molecular flexibility index (Phi) is 5.34. The molecule has 0 atom stereocenters. The summed E-state index contributed by atoms with van der Waals surface area (Å²) in [6.45, 7) is 2.57. The predicted octanol–water partition coefficient (Wildman–Crippen LogP) is 5.15. The van der Waals surface area contributed by atoms with Gasteiger partial charge in [0.1, 0.15) is 0 Å². The maximum absolute atomic E-state index is 12.6. The van der Waals surface area contributed by atoms with Crippen LogP contribution in [0.4, 0.5) is 0 Å². The molecule has 0 N–H and O–H groups in total. The lowest BCUT2D eigenvalue weighted by molar-refractivity contribution is -0.150. The molecule has 0 bridgehead atoms. The molecule has 1 aromatic rings. The highest BCUT2D eigenvalue weighted by atomic mass is 35.5. The number of hydrogen-bond donors (Lipinski definition) is 0. The quantitative estimate of drug-likeness (QED) is 0.555. The van der Waals surface area contributed by atoms with Crippen LogP contribution in [0, 0.1) is 0 Å². The fourth-order valence-corrected chi connectivity index (χ4v) is 3.39. The van der Waals surface area contributed by atoms with Crippen LogP contribution in [0.1, 0.15) is 51.0 Å². The third-order valence-corrected chi connectivity index (χ3v) is 4.43. The topological polar surface area (TPSA) is 26.3 Å². The first-order chi connectivity index (χ1) is 9.58. The van der Waals surface area contributed by atoms with Crippen LogP contribution in [0.15, 0.2) is 18.2 Å². The van der Waals surface area contributed by atoms with Crippen LogP contribution < -0.4 is 0 Å². The van der Waals surface area contributed by atoms with Crippen LogP contribution in [0.3, 0.4) is 0 Å². The molecule has 1 aliphatic rings. The molecule has 2 rings (SSSR count). The highest BCUT2D eigenvalue weighted by Crippen LogP contribution is 2.43. The molecule has 0 radical (unpaired) electrons. The molecule has 2 nitrogen and oxygen atoms in total. The fourth-order valence-electron chi connectivity index (χ4n) is 2.87. The monoisotopic (exact) mass is 314 g/mol. The molecule has 0 amide bonds. The van der Waals surface area contributed by atoms with Gasteiger partial charge in [-0.25, -0.2) is 0 Å². The summed E-state index contributed by atoms with van der Waals surface area (Å²) in [5, 5.41) is 1.14. The molecule has 0 aliphatic heterocycles. The molecule has 110 valence electrons. The lowest BCUT2D eigenvalue weighted by atomic mass is 9.79. The zero-order valence-corrected chi connectivity index (χ0v) is 13.3. The van der Waals surface area contributed by atoms with Crippen LogP contribution in [0.2, 0.25) is 10.0 Å². The maximum Gasteiger partial charge on any atom is 0.316 e. The van der Waals surface area contributed by atoms with E-state index >= 15 is 0 Å². The smallest absolute Gasteiger partial charge is 0.316 e. The number of carbonyl (C=O) groups is 1. The average Bonchev–Trinajstić information content (AvgIpc) is 2.88. The number of esters is 1. The largest absolute Gasteiger partial charge is 0.465 e.